The number of phenols is 1. The van der Waals surface area contributed by atoms with E-state index in [0.717, 1.165) is 30.3 Å². The van der Waals surface area contributed by atoms with Crippen LogP contribution in [-0.2, 0) is 69.1 Å². The number of rotatable bonds is 14. The summed E-state index contributed by atoms with van der Waals surface area (Å²) in [7, 11) is -27.9. The number of hydrogen-bond acceptors (Lipinski definition) is 20. The van der Waals surface area contributed by atoms with Gasteiger partial charge in [0, 0.05) is 16.8 Å². The number of azo groups is 1. The fraction of sp³-hybridized carbons (Fsp3) is 0.154. The van der Waals surface area contributed by atoms with E-state index in [1.807, 2.05) is 0 Å². The number of nitrogen functional groups attached to an aromatic ring is 3. The summed E-state index contributed by atoms with van der Waals surface area (Å²) >= 11 is 0. The molecule has 0 saturated heterocycles. The number of anilines is 3. The summed E-state index contributed by atoms with van der Waals surface area (Å²) in [5.41, 5.74) is 15.4. The minimum absolute atomic E-state index is 0.00217. The Morgan fingerprint density at radius 2 is 1.11 bits per heavy atom. The molecular weight excluding hydrogens is 898 g/mol. The monoisotopic (exact) mass is 925 g/mol. The average molecular weight is 926 g/mol. The van der Waals surface area contributed by atoms with Gasteiger partial charge in [-0.05, 0) is 48.5 Å². The fourth-order valence-electron chi connectivity index (χ4n) is 4.32. The van der Waals surface area contributed by atoms with E-state index in [0.29, 0.717) is 12.1 Å². The zero-order valence-corrected chi connectivity index (χ0v) is 32.8. The lowest BCUT2D eigenvalue weighted by Crippen LogP contribution is -2.16. The van der Waals surface area contributed by atoms with Gasteiger partial charge in [-0.1, -0.05) is 0 Å². The first-order chi connectivity index (χ1) is 25.8. The first kappa shape index (κ1) is 46.7. The van der Waals surface area contributed by atoms with Gasteiger partial charge in [-0.3, -0.25) is 18.2 Å². The van der Waals surface area contributed by atoms with Crippen LogP contribution in [0.2, 0.25) is 0 Å². The van der Waals surface area contributed by atoms with Crippen molar-refractivity contribution in [3.05, 3.63) is 60.4 Å². The van der Waals surface area contributed by atoms with Crippen molar-refractivity contribution in [2.45, 2.75) is 19.6 Å². The molecule has 0 amide bonds. The van der Waals surface area contributed by atoms with E-state index in [9.17, 15) is 64.6 Å². The normalized spacial score (nSPS) is 13.1. The average Bonchev–Trinajstić information content (AvgIpc) is 3.04. The van der Waals surface area contributed by atoms with Crippen LogP contribution in [0, 0.1) is 5.82 Å². The molecule has 11 N–H and O–H groups in total. The zero-order valence-electron chi connectivity index (χ0n) is 27.9. The van der Waals surface area contributed by atoms with Gasteiger partial charge < -0.3 is 22.3 Å². The van der Waals surface area contributed by atoms with Crippen LogP contribution in [-0.4, -0.2) is 98.5 Å². The Bertz CT molecular complexity index is 2940. The van der Waals surface area contributed by atoms with Crippen LogP contribution in [0.25, 0.3) is 10.8 Å². The Morgan fingerprint density at radius 3 is 1.61 bits per heavy atom. The van der Waals surface area contributed by atoms with Crippen LogP contribution in [0.5, 0.6) is 5.75 Å². The van der Waals surface area contributed by atoms with Gasteiger partial charge in [-0.2, -0.15) is 38.8 Å². The van der Waals surface area contributed by atoms with Crippen LogP contribution in [0.15, 0.2) is 84.4 Å². The number of hydrogen-bond donors (Lipinski definition) is 8. The molecule has 0 spiro atoms. The number of aromatic hydroxyl groups is 1. The molecule has 0 aliphatic carbocycles. The van der Waals surface area contributed by atoms with Gasteiger partial charge in [-0.25, -0.2) is 29.6 Å². The summed E-state index contributed by atoms with van der Waals surface area (Å²) < 4.78 is 193. The standard InChI is InChI=1S/C18H17FN4O10S3.C8H11NO9S3/c19-12-7-9(1-4-14(12)34(25,26)6-5-33-36(30,31)32)22-23-17-15(35(27,28)29)8-11-10(18(17)24)2-3-13(20)16(11)21;9-7-2-1-6(5-8(7)20(12,13)14)19(10,11)4-3-18-21(15,16)17/h1-4,7-8,24H,5-6,20-21H2,(H,27,28,29)(H,30,31,32);1-2,5H,3-4,9H2,(H,12,13,14)(H,15,16,17). The van der Waals surface area contributed by atoms with Crippen molar-refractivity contribution in [3.8, 4) is 5.75 Å². The highest BCUT2D eigenvalue weighted by molar-refractivity contribution is 7.92. The van der Waals surface area contributed by atoms with Gasteiger partial charge in [0.2, 0.25) is 0 Å². The number of benzene rings is 4. The van der Waals surface area contributed by atoms with Crippen molar-refractivity contribution in [1.82, 2.24) is 0 Å². The first-order valence-corrected chi connectivity index (χ1v) is 23.3. The lowest BCUT2D eigenvalue weighted by Gasteiger charge is -2.11. The van der Waals surface area contributed by atoms with Crippen LogP contribution in [0.4, 0.5) is 32.8 Å². The van der Waals surface area contributed by atoms with Crippen LogP contribution in [0.3, 0.4) is 0 Å². The van der Waals surface area contributed by atoms with E-state index in [1.165, 1.54) is 12.1 Å². The molecule has 0 fully saturated rings. The Labute approximate surface area is 323 Å². The maximum Gasteiger partial charge on any atom is 0.397 e. The highest BCUT2D eigenvalue weighted by Gasteiger charge is 2.25. The van der Waals surface area contributed by atoms with Crippen molar-refractivity contribution < 1.29 is 86.6 Å². The molecule has 314 valence electrons. The van der Waals surface area contributed by atoms with E-state index >= 15 is 0 Å². The molecule has 57 heavy (non-hydrogen) atoms. The quantitative estimate of drug-likeness (QED) is 0.0500. The Balaban J connectivity index is 0.000000353. The third-order valence-electron chi connectivity index (χ3n) is 6.89. The van der Waals surface area contributed by atoms with Crippen molar-refractivity contribution in [3.63, 3.8) is 0 Å². The van der Waals surface area contributed by atoms with Crippen LogP contribution in [0.1, 0.15) is 0 Å². The molecule has 0 aliphatic heterocycles. The maximum atomic E-state index is 14.5. The third-order valence-corrected chi connectivity index (χ3v) is 13.0. The smallest absolute Gasteiger partial charge is 0.397 e. The summed E-state index contributed by atoms with van der Waals surface area (Å²) in [5, 5.41) is 17.8. The molecule has 24 nitrogen and oxygen atoms in total. The molecule has 0 heterocycles. The molecule has 0 aliphatic rings. The minimum Gasteiger partial charge on any atom is -0.505 e. The highest BCUT2D eigenvalue weighted by atomic mass is 32.3. The number of nitrogens with zero attached hydrogens (tertiary/aromatic N) is 2. The second-order valence-electron chi connectivity index (χ2n) is 10.8. The van der Waals surface area contributed by atoms with Gasteiger partial charge in [0.25, 0.3) is 20.2 Å². The highest BCUT2D eigenvalue weighted by Crippen LogP contribution is 2.44. The van der Waals surface area contributed by atoms with Gasteiger partial charge in [0.1, 0.15) is 26.2 Å². The number of phenolic OH excluding ortho intramolecular Hbond substituents is 1. The number of sulfone groups is 2. The Morgan fingerprint density at radius 1 is 0.579 bits per heavy atom. The number of fused-ring (bicyclic) bond motifs is 1. The molecule has 0 radical (unpaired) electrons. The zero-order chi connectivity index (χ0) is 43.5. The molecule has 0 bridgehead atoms. The summed E-state index contributed by atoms with van der Waals surface area (Å²) in [6.07, 6.45) is 0. The number of nitrogens with two attached hydrogens (primary N) is 3. The van der Waals surface area contributed by atoms with Crippen molar-refractivity contribution in [2.75, 3.05) is 41.9 Å². The second kappa shape index (κ2) is 17.0. The van der Waals surface area contributed by atoms with E-state index in [-0.39, 0.29) is 33.5 Å². The molecular formula is C26H28FN5O19S6. The third kappa shape index (κ3) is 12.7. The van der Waals surface area contributed by atoms with Crippen LogP contribution < -0.4 is 17.2 Å². The molecule has 0 aromatic heterocycles. The lowest BCUT2D eigenvalue weighted by molar-refractivity contribution is 0.282. The van der Waals surface area contributed by atoms with Gasteiger partial charge in [0.15, 0.2) is 25.4 Å². The molecule has 4 aromatic carbocycles. The van der Waals surface area contributed by atoms with Gasteiger partial charge >= 0.3 is 20.8 Å². The Kier molecular flexibility index (Phi) is 14.0. The molecule has 4 aromatic rings. The van der Waals surface area contributed by atoms with E-state index in [2.05, 4.69) is 18.6 Å². The van der Waals surface area contributed by atoms with Crippen LogP contribution >= 0.6 is 0 Å². The predicted molar refractivity (Wildman–Crippen MR) is 195 cm³/mol. The lowest BCUT2D eigenvalue weighted by atomic mass is 10.1. The maximum absolute atomic E-state index is 14.5. The predicted octanol–water partition coefficient (Wildman–Crippen LogP) is 1.21. The second-order valence-corrected chi connectivity index (χ2v) is 20.0. The minimum atomic E-state index is -4.97. The molecule has 4 rings (SSSR count). The van der Waals surface area contributed by atoms with E-state index in [1.54, 1.807) is 0 Å². The topological polar surface area (TPSA) is 427 Å². The Hall–Kier alpha value is -4.67. The van der Waals surface area contributed by atoms with Crippen molar-refractivity contribution >= 4 is 99.9 Å². The largest absolute Gasteiger partial charge is 0.505 e. The van der Waals surface area contributed by atoms with Gasteiger partial charge in [-0.15, -0.1) is 5.11 Å². The summed E-state index contributed by atoms with van der Waals surface area (Å²) in [6.45, 7) is -1.84. The SMILES string of the molecule is Nc1ccc(S(=O)(=O)CCOS(=O)(=O)O)cc1S(=O)(=O)O.Nc1ccc2c(O)c(N=Nc3ccc(S(=O)(=O)CCOS(=O)(=O)O)c(F)c3)c(S(=O)(=O)O)cc2c1N. The van der Waals surface area contributed by atoms with E-state index < -0.39 is 122 Å². The molecule has 31 heteroatoms. The first-order valence-electron chi connectivity index (χ1n) is 14.4. The number of halogens is 1. The summed E-state index contributed by atoms with van der Waals surface area (Å²) in [5.74, 6) is -3.89. The van der Waals surface area contributed by atoms with Crippen molar-refractivity contribution in [1.29, 1.82) is 0 Å². The molecule has 0 saturated carbocycles. The summed E-state index contributed by atoms with van der Waals surface area (Å²) in [6, 6.07) is 8.50. The van der Waals surface area contributed by atoms with Gasteiger partial charge in [0.05, 0.1) is 52.4 Å². The fourth-order valence-corrected chi connectivity index (χ4v) is 8.75. The molecule has 0 unspecified atom stereocenters. The molecule has 0 atom stereocenters. The van der Waals surface area contributed by atoms with E-state index in [4.69, 9.17) is 30.9 Å². The summed E-state index contributed by atoms with van der Waals surface area (Å²) in [4.78, 5) is -3.03. The van der Waals surface area contributed by atoms with Crippen molar-refractivity contribution in [2.24, 2.45) is 10.2 Å².